The molecule has 0 fully saturated rings. The van der Waals surface area contributed by atoms with Crippen LogP contribution in [0.4, 0.5) is 0 Å². The van der Waals surface area contributed by atoms with Gasteiger partial charge in [-0.3, -0.25) is 0 Å². The molecule has 0 radical (unpaired) electrons. The molecule has 0 aliphatic carbocycles. The van der Waals surface area contributed by atoms with Crippen LogP contribution in [-0.4, -0.2) is 30.5 Å². The highest BCUT2D eigenvalue weighted by atomic mass is 15.0. The van der Waals surface area contributed by atoms with Crippen molar-refractivity contribution < 1.29 is 0 Å². The van der Waals surface area contributed by atoms with E-state index in [-0.39, 0.29) is 0 Å². The second kappa shape index (κ2) is 4.68. The molecule has 0 unspecified atom stereocenters. The molecule has 0 aliphatic rings. The van der Waals surface area contributed by atoms with E-state index < -0.39 is 0 Å². The summed E-state index contributed by atoms with van der Waals surface area (Å²) in [6.45, 7) is 1.67. The highest BCUT2D eigenvalue weighted by Crippen LogP contribution is 2.20. The van der Waals surface area contributed by atoms with Gasteiger partial charge in [0.25, 0.3) is 0 Å². The number of hydrogen-bond donors (Lipinski definition) is 2. The number of nitrogens with one attached hydrogen (secondary N) is 1. The molecule has 86 valence electrons. The quantitative estimate of drug-likeness (QED) is 0.819. The number of aromatic amines is 1. The molecule has 0 saturated carbocycles. The number of nitrogens with two attached hydrogens (primary N) is 1. The number of hydrogen-bond acceptors (Lipinski definition) is 2. The average Bonchev–Trinajstić information content (AvgIpc) is 2.68. The maximum Gasteiger partial charge on any atom is 0.0457 e. The number of likely N-dealkylation sites (N-methyl/N-ethyl adjacent to an activating group) is 1. The summed E-state index contributed by atoms with van der Waals surface area (Å²) in [5.41, 5.74) is 9.43. The zero-order valence-corrected chi connectivity index (χ0v) is 9.96. The molecule has 1 aromatic heterocycles. The van der Waals surface area contributed by atoms with Crippen LogP contribution in [0.1, 0.15) is 11.1 Å². The maximum absolute atomic E-state index is 5.66. The predicted octanol–water partition coefficient (Wildman–Crippen LogP) is 1.73. The van der Waals surface area contributed by atoms with Crippen molar-refractivity contribution in [1.82, 2.24) is 9.88 Å². The van der Waals surface area contributed by atoms with E-state index in [1.54, 1.807) is 0 Å². The van der Waals surface area contributed by atoms with Crippen LogP contribution in [-0.2, 0) is 13.0 Å². The van der Waals surface area contributed by atoms with E-state index in [0.29, 0.717) is 6.54 Å². The smallest absolute Gasteiger partial charge is 0.0457 e. The van der Waals surface area contributed by atoms with Crippen LogP contribution in [0.15, 0.2) is 24.4 Å². The zero-order chi connectivity index (χ0) is 11.5. The predicted molar refractivity (Wildman–Crippen MR) is 68.4 cm³/mol. The monoisotopic (exact) mass is 217 g/mol. The lowest BCUT2D eigenvalue weighted by Gasteiger charge is -2.08. The largest absolute Gasteiger partial charge is 0.361 e. The second-order valence-electron chi connectivity index (χ2n) is 4.45. The molecule has 0 bridgehead atoms. The van der Waals surface area contributed by atoms with Gasteiger partial charge in [-0.1, -0.05) is 6.07 Å². The van der Waals surface area contributed by atoms with Crippen LogP contribution in [0, 0.1) is 0 Å². The normalized spacial score (nSPS) is 11.5. The highest BCUT2D eigenvalue weighted by Gasteiger charge is 2.04. The van der Waals surface area contributed by atoms with Gasteiger partial charge in [0.2, 0.25) is 0 Å². The van der Waals surface area contributed by atoms with Crippen LogP contribution in [0.3, 0.4) is 0 Å². The molecule has 3 heteroatoms. The summed E-state index contributed by atoms with van der Waals surface area (Å²) in [5.74, 6) is 0. The molecule has 2 rings (SSSR count). The molecule has 0 spiro atoms. The highest BCUT2D eigenvalue weighted by molar-refractivity contribution is 5.83. The lowest BCUT2D eigenvalue weighted by Crippen LogP contribution is -2.14. The molecule has 0 atom stereocenters. The van der Waals surface area contributed by atoms with Gasteiger partial charge >= 0.3 is 0 Å². The molecule has 0 aliphatic heterocycles. The molecule has 1 heterocycles. The SMILES string of the molecule is CN(C)CCc1c[nH]c2ccc(CN)cc12. The lowest BCUT2D eigenvalue weighted by atomic mass is 10.1. The first-order valence-electron chi connectivity index (χ1n) is 5.64. The molecule has 0 amide bonds. The van der Waals surface area contributed by atoms with Crippen molar-refractivity contribution in [3.63, 3.8) is 0 Å². The Bertz CT molecular complexity index is 471. The van der Waals surface area contributed by atoms with E-state index >= 15 is 0 Å². The molecular formula is C13H19N3. The van der Waals surface area contributed by atoms with Gasteiger partial charge in [-0.05, 0) is 43.8 Å². The lowest BCUT2D eigenvalue weighted by molar-refractivity contribution is 0.414. The summed E-state index contributed by atoms with van der Waals surface area (Å²) in [5, 5.41) is 1.31. The minimum absolute atomic E-state index is 0.605. The van der Waals surface area contributed by atoms with Crippen LogP contribution in [0.5, 0.6) is 0 Å². The number of fused-ring (bicyclic) bond motifs is 1. The Morgan fingerprint density at radius 1 is 1.31 bits per heavy atom. The maximum atomic E-state index is 5.66. The molecule has 2 aromatic rings. The van der Waals surface area contributed by atoms with Gasteiger partial charge in [-0.25, -0.2) is 0 Å². The van der Waals surface area contributed by atoms with Gasteiger partial charge < -0.3 is 15.6 Å². The van der Waals surface area contributed by atoms with Crippen LogP contribution >= 0.6 is 0 Å². The van der Waals surface area contributed by atoms with E-state index in [1.165, 1.54) is 22.0 Å². The first-order valence-corrected chi connectivity index (χ1v) is 5.64. The first kappa shape index (κ1) is 11.2. The Hall–Kier alpha value is -1.32. The Balaban J connectivity index is 2.30. The van der Waals surface area contributed by atoms with Crippen molar-refractivity contribution in [2.45, 2.75) is 13.0 Å². The number of nitrogens with zero attached hydrogens (tertiary/aromatic N) is 1. The van der Waals surface area contributed by atoms with Gasteiger partial charge in [-0.2, -0.15) is 0 Å². The number of aromatic nitrogens is 1. The summed E-state index contributed by atoms with van der Waals surface area (Å²) in [4.78, 5) is 5.50. The van der Waals surface area contributed by atoms with Crippen molar-refractivity contribution in [2.75, 3.05) is 20.6 Å². The molecule has 0 saturated heterocycles. The van der Waals surface area contributed by atoms with Crippen LogP contribution in [0.25, 0.3) is 10.9 Å². The zero-order valence-electron chi connectivity index (χ0n) is 9.96. The van der Waals surface area contributed by atoms with E-state index in [0.717, 1.165) is 13.0 Å². The Morgan fingerprint density at radius 2 is 2.12 bits per heavy atom. The van der Waals surface area contributed by atoms with Gasteiger partial charge in [0.05, 0.1) is 0 Å². The fraction of sp³-hybridized carbons (Fsp3) is 0.385. The summed E-state index contributed by atoms with van der Waals surface area (Å²) in [7, 11) is 4.19. The van der Waals surface area contributed by atoms with Gasteiger partial charge in [0.1, 0.15) is 0 Å². The Kier molecular flexibility index (Phi) is 3.27. The van der Waals surface area contributed by atoms with Crippen LogP contribution < -0.4 is 5.73 Å². The summed E-state index contributed by atoms with van der Waals surface area (Å²) >= 11 is 0. The third kappa shape index (κ3) is 2.26. The van der Waals surface area contributed by atoms with Crippen molar-refractivity contribution in [1.29, 1.82) is 0 Å². The second-order valence-corrected chi connectivity index (χ2v) is 4.45. The molecule has 16 heavy (non-hydrogen) atoms. The van der Waals surface area contributed by atoms with E-state index in [1.807, 2.05) is 0 Å². The minimum atomic E-state index is 0.605. The standard InChI is InChI=1S/C13H19N3/c1-16(2)6-5-11-9-15-13-4-3-10(8-14)7-12(11)13/h3-4,7,9,15H,5-6,8,14H2,1-2H3. The third-order valence-corrected chi connectivity index (χ3v) is 2.90. The van der Waals surface area contributed by atoms with Crippen LogP contribution in [0.2, 0.25) is 0 Å². The van der Waals surface area contributed by atoms with Gasteiger partial charge in [-0.15, -0.1) is 0 Å². The Morgan fingerprint density at radius 3 is 2.81 bits per heavy atom. The molecular weight excluding hydrogens is 198 g/mol. The minimum Gasteiger partial charge on any atom is -0.361 e. The molecule has 1 aromatic carbocycles. The fourth-order valence-corrected chi connectivity index (χ4v) is 1.90. The number of benzene rings is 1. The average molecular weight is 217 g/mol. The summed E-state index contributed by atoms with van der Waals surface area (Å²) in [6, 6.07) is 6.38. The number of rotatable bonds is 4. The van der Waals surface area contributed by atoms with E-state index in [4.69, 9.17) is 5.73 Å². The Labute approximate surface area is 96.2 Å². The molecule has 3 N–H and O–H groups in total. The first-order chi connectivity index (χ1) is 7.70. The van der Waals surface area contributed by atoms with Crippen molar-refractivity contribution in [3.05, 3.63) is 35.5 Å². The summed E-state index contributed by atoms with van der Waals surface area (Å²) < 4.78 is 0. The third-order valence-electron chi connectivity index (χ3n) is 2.90. The molecule has 3 nitrogen and oxygen atoms in total. The van der Waals surface area contributed by atoms with Crippen molar-refractivity contribution in [3.8, 4) is 0 Å². The van der Waals surface area contributed by atoms with Gasteiger partial charge in [0, 0.05) is 30.2 Å². The van der Waals surface area contributed by atoms with Gasteiger partial charge in [0.15, 0.2) is 0 Å². The number of H-pyrrole nitrogens is 1. The van der Waals surface area contributed by atoms with Crippen molar-refractivity contribution in [2.24, 2.45) is 5.73 Å². The van der Waals surface area contributed by atoms with E-state index in [2.05, 4.69) is 48.4 Å². The summed E-state index contributed by atoms with van der Waals surface area (Å²) in [6.07, 6.45) is 3.18. The van der Waals surface area contributed by atoms with E-state index in [9.17, 15) is 0 Å². The topological polar surface area (TPSA) is 45.0 Å². The fourth-order valence-electron chi connectivity index (χ4n) is 1.90. The van der Waals surface area contributed by atoms with Crippen molar-refractivity contribution >= 4 is 10.9 Å².